The molecule has 1 heterocycles. The van der Waals surface area contributed by atoms with E-state index in [1.54, 1.807) is 0 Å². The Balaban J connectivity index is 1.81. The van der Waals surface area contributed by atoms with Crippen LogP contribution in [0.3, 0.4) is 0 Å². The number of para-hydroxylation sites is 1. The lowest BCUT2D eigenvalue weighted by atomic mass is 10.0. The molecule has 0 bridgehead atoms. The Morgan fingerprint density at radius 1 is 1.35 bits per heavy atom. The van der Waals surface area contributed by atoms with Gasteiger partial charge < -0.3 is 4.90 Å². The Morgan fingerprint density at radius 2 is 2.20 bits per heavy atom. The summed E-state index contributed by atoms with van der Waals surface area (Å²) < 4.78 is 0. The lowest BCUT2D eigenvalue weighted by Gasteiger charge is -2.29. The third kappa shape index (κ3) is 2.36. The third-order valence-corrected chi connectivity index (χ3v) is 4.80. The van der Waals surface area contributed by atoms with Crippen LogP contribution < -0.4 is 10.2 Å². The van der Waals surface area contributed by atoms with Gasteiger partial charge in [-0.1, -0.05) is 48.7 Å². The Hall–Kier alpha value is -1.67. The highest BCUT2D eigenvalue weighted by atomic mass is 32.2. The number of allylic oxidation sites excluding steroid dienone is 2. The second-order valence-corrected chi connectivity index (χ2v) is 5.87. The molecule has 102 valence electrons. The molecule has 2 atom stereocenters. The average molecular weight is 282 g/mol. The molecule has 0 spiro atoms. The summed E-state index contributed by atoms with van der Waals surface area (Å²) in [5.41, 5.74) is 5.69. The summed E-state index contributed by atoms with van der Waals surface area (Å²) >= 11 is 1.87. The van der Waals surface area contributed by atoms with Crippen LogP contribution >= 0.6 is 11.8 Å². The summed E-state index contributed by atoms with van der Waals surface area (Å²) in [5.74, 6) is 0. The molecular formula is C17H18N2S. The smallest absolute Gasteiger partial charge is 0.133 e. The number of hydrogen-bond donors (Lipinski definition) is 1. The zero-order valence-electron chi connectivity index (χ0n) is 11.5. The van der Waals surface area contributed by atoms with Gasteiger partial charge in [-0.3, -0.25) is 5.32 Å². The predicted molar refractivity (Wildman–Crippen MR) is 87.0 cm³/mol. The summed E-state index contributed by atoms with van der Waals surface area (Å²) in [6.07, 6.45) is 8.32. The Morgan fingerprint density at radius 3 is 3.00 bits per heavy atom. The number of hydrogen-bond acceptors (Lipinski definition) is 3. The van der Waals surface area contributed by atoms with Crippen LogP contribution in [0.5, 0.6) is 0 Å². The van der Waals surface area contributed by atoms with E-state index in [0.29, 0.717) is 0 Å². The Bertz CT molecular complexity index is 611. The fourth-order valence-corrected chi connectivity index (χ4v) is 3.88. The van der Waals surface area contributed by atoms with Gasteiger partial charge in [-0.25, -0.2) is 0 Å². The van der Waals surface area contributed by atoms with Crippen LogP contribution in [0.1, 0.15) is 6.92 Å². The van der Waals surface area contributed by atoms with E-state index in [4.69, 9.17) is 0 Å². The summed E-state index contributed by atoms with van der Waals surface area (Å²) in [6.45, 7) is 6.96. The third-order valence-electron chi connectivity index (χ3n) is 3.59. The molecule has 0 fully saturated rings. The summed E-state index contributed by atoms with van der Waals surface area (Å²) in [7, 11) is 0. The second kappa shape index (κ2) is 5.76. The number of benzene rings is 1. The maximum Gasteiger partial charge on any atom is 0.133 e. The quantitative estimate of drug-likeness (QED) is 0.851. The van der Waals surface area contributed by atoms with Gasteiger partial charge in [0.05, 0.1) is 11.7 Å². The molecule has 1 N–H and O–H groups in total. The first-order valence-electron chi connectivity index (χ1n) is 6.86. The minimum absolute atomic E-state index is 0.179. The fraction of sp³-hybridized carbons (Fsp3) is 0.235. The molecule has 2 aliphatic rings. The van der Waals surface area contributed by atoms with Crippen molar-refractivity contribution in [2.45, 2.75) is 23.4 Å². The molecule has 0 amide bonds. The minimum Gasteiger partial charge on any atom is -0.346 e. The van der Waals surface area contributed by atoms with Gasteiger partial charge in [0.15, 0.2) is 0 Å². The van der Waals surface area contributed by atoms with Crippen molar-refractivity contribution in [3.8, 4) is 0 Å². The first-order chi connectivity index (χ1) is 9.83. The molecule has 1 aliphatic heterocycles. The molecule has 0 radical (unpaired) electrons. The van der Waals surface area contributed by atoms with E-state index in [1.807, 2.05) is 17.8 Å². The van der Waals surface area contributed by atoms with Crippen molar-refractivity contribution in [1.29, 1.82) is 0 Å². The maximum absolute atomic E-state index is 3.78. The van der Waals surface area contributed by atoms with Crippen LogP contribution in [0.15, 0.2) is 71.3 Å². The van der Waals surface area contributed by atoms with Crippen LogP contribution in [0, 0.1) is 0 Å². The monoisotopic (exact) mass is 282 g/mol. The van der Waals surface area contributed by atoms with Crippen LogP contribution in [0.4, 0.5) is 5.69 Å². The van der Waals surface area contributed by atoms with Crippen molar-refractivity contribution in [3.05, 3.63) is 66.5 Å². The summed E-state index contributed by atoms with van der Waals surface area (Å²) in [6, 6.07) is 8.75. The Kier molecular flexibility index (Phi) is 3.83. The predicted octanol–water partition coefficient (Wildman–Crippen LogP) is 3.70. The number of thioether (sulfide) groups is 1. The molecule has 0 saturated heterocycles. The van der Waals surface area contributed by atoms with Crippen molar-refractivity contribution in [2.75, 3.05) is 11.4 Å². The number of fused-ring (bicyclic) bond motifs is 1. The topological polar surface area (TPSA) is 15.3 Å². The molecule has 3 rings (SSSR count). The first-order valence-corrected chi connectivity index (χ1v) is 7.74. The number of anilines is 1. The molecule has 1 aliphatic carbocycles. The van der Waals surface area contributed by atoms with E-state index < -0.39 is 0 Å². The fourth-order valence-electron chi connectivity index (χ4n) is 2.57. The lowest BCUT2D eigenvalue weighted by Crippen LogP contribution is -2.46. The van der Waals surface area contributed by atoms with Gasteiger partial charge in [0.2, 0.25) is 0 Å². The van der Waals surface area contributed by atoms with Crippen molar-refractivity contribution in [2.24, 2.45) is 0 Å². The van der Waals surface area contributed by atoms with Gasteiger partial charge in [0.1, 0.15) is 5.50 Å². The van der Waals surface area contributed by atoms with E-state index in [2.05, 4.69) is 71.9 Å². The molecule has 0 aromatic heterocycles. The van der Waals surface area contributed by atoms with E-state index in [-0.39, 0.29) is 11.5 Å². The maximum atomic E-state index is 3.78. The Labute approximate surface area is 124 Å². The van der Waals surface area contributed by atoms with Crippen molar-refractivity contribution >= 4 is 17.4 Å². The summed E-state index contributed by atoms with van der Waals surface area (Å²) in [4.78, 5) is 3.73. The highest BCUT2D eigenvalue weighted by Crippen LogP contribution is 2.42. The average Bonchev–Trinajstić information content (AvgIpc) is 2.85. The standard InChI is InChI=1S/C17H18N2S/c1-3-13-9-5-6-10-14(13)18-17-19(4-2)15-11-7-8-12-16(15)20-17/h5-12,14,17-18H,1,4H2,2H3. The molecule has 2 nitrogen and oxygen atoms in total. The van der Waals surface area contributed by atoms with Crippen molar-refractivity contribution in [1.82, 2.24) is 5.32 Å². The van der Waals surface area contributed by atoms with Gasteiger partial charge in [-0.15, -0.1) is 5.73 Å². The first kappa shape index (κ1) is 13.3. The highest BCUT2D eigenvalue weighted by Gasteiger charge is 2.30. The van der Waals surface area contributed by atoms with Crippen molar-refractivity contribution in [3.63, 3.8) is 0 Å². The molecule has 1 aromatic carbocycles. The molecule has 1 aromatic rings. The van der Waals surface area contributed by atoms with Gasteiger partial charge in [0, 0.05) is 17.0 Å². The SMILES string of the molecule is C=C=C1C=CC=CC1NC1Sc2ccccc2N1CC. The number of rotatable bonds is 3. The zero-order valence-corrected chi connectivity index (χ0v) is 12.4. The van der Waals surface area contributed by atoms with Gasteiger partial charge >= 0.3 is 0 Å². The highest BCUT2D eigenvalue weighted by molar-refractivity contribution is 8.00. The van der Waals surface area contributed by atoms with E-state index in [9.17, 15) is 0 Å². The number of nitrogens with one attached hydrogen (secondary N) is 1. The minimum atomic E-state index is 0.179. The van der Waals surface area contributed by atoms with Crippen LogP contribution in [0.2, 0.25) is 0 Å². The van der Waals surface area contributed by atoms with Crippen LogP contribution in [0.25, 0.3) is 0 Å². The molecule has 2 unspecified atom stereocenters. The van der Waals surface area contributed by atoms with Crippen LogP contribution in [-0.4, -0.2) is 18.1 Å². The van der Waals surface area contributed by atoms with Gasteiger partial charge in [-0.2, -0.15) is 0 Å². The van der Waals surface area contributed by atoms with E-state index in [1.165, 1.54) is 10.6 Å². The summed E-state index contributed by atoms with van der Waals surface area (Å²) in [5, 5.41) is 3.68. The molecular weight excluding hydrogens is 264 g/mol. The zero-order chi connectivity index (χ0) is 13.9. The lowest BCUT2D eigenvalue weighted by molar-refractivity contribution is 0.600. The normalized spacial score (nSPS) is 23.9. The second-order valence-electron chi connectivity index (χ2n) is 4.74. The molecule has 20 heavy (non-hydrogen) atoms. The van der Waals surface area contributed by atoms with Crippen LogP contribution in [-0.2, 0) is 0 Å². The molecule has 0 saturated carbocycles. The van der Waals surface area contributed by atoms with E-state index >= 15 is 0 Å². The van der Waals surface area contributed by atoms with E-state index in [0.717, 1.165) is 12.1 Å². The van der Waals surface area contributed by atoms with Gasteiger partial charge in [-0.05, 0) is 25.1 Å². The number of nitrogens with zero attached hydrogens (tertiary/aromatic N) is 1. The molecule has 3 heteroatoms. The van der Waals surface area contributed by atoms with Gasteiger partial charge in [0.25, 0.3) is 0 Å². The largest absolute Gasteiger partial charge is 0.346 e. The van der Waals surface area contributed by atoms with Crippen molar-refractivity contribution < 1.29 is 0 Å².